The number of fused-ring (bicyclic) bond motifs is 1. The third-order valence-corrected chi connectivity index (χ3v) is 3.94. The van der Waals surface area contributed by atoms with E-state index < -0.39 is 17.6 Å². The molecule has 1 amide bonds. The van der Waals surface area contributed by atoms with Gasteiger partial charge in [-0.2, -0.15) is 18.3 Å². The van der Waals surface area contributed by atoms with Gasteiger partial charge in [0.1, 0.15) is 0 Å². The van der Waals surface area contributed by atoms with E-state index in [0.29, 0.717) is 5.71 Å². The van der Waals surface area contributed by atoms with Crippen molar-refractivity contribution in [3.8, 4) is 0 Å². The number of nitrogens with zero attached hydrogens (tertiary/aromatic N) is 1. The summed E-state index contributed by atoms with van der Waals surface area (Å²) < 4.78 is 38.2. The summed E-state index contributed by atoms with van der Waals surface area (Å²) in [6.07, 6.45) is -4.50. The zero-order chi connectivity index (χ0) is 18.7. The lowest BCUT2D eigenvalue weighted by molar-refractivity contribution is -0.137. The maximum atomic E-state index is 12.7. The zero-order valence-electron chi connectivity index (χ0n) is 13.8. The van der Waals surface area contributed by atoms with Crippen LogP contribution in [0.25, 0.3) is 10.8 Å². The molecular formula is C20H15F3N2O. The van der Waals surface area contributed by atoms with Gasteiger partial charge in [0.05, 0.1) is 11.3 Å². The SMILES string of the molecule is C/C(=N\NC(=O)c1cccc(C(F)(F)F)c1)c1ccc2ccccc2c1. The predicted octanol–water partition coefficient (Wildman–Crippen LogP) is 5.01. The van der Waals surface area contributed by atoms with Gasteiger partial charge >= 0.3 is 6.18 Å². The minimum absolute atomic E-state index is 0.102. The lowest BCUT2D eigenvalue weighted by atomic mass is 10.0. The quantitative estimate of drug-likeness (QED) is 0.520. The number of amides is 1. The third kappa shape index (κ3) is 3.91. The number of carbonyl (C=O) groups excluding carboxylic acids is 1. The van der Waals surface area contributed by atoms with Crippen LogP contribution in [0.15, 0.2) is 71.8 Å². The maximum Gasteiger partial charge on any atom is 0.416 e. The highest BCUT2D eigenvalue weighted by molar-refractivity contribution is 6.03. The molecule has 0 aliphatic rings. The monoisotopic (exact) mass is 356 g/mol. The first-order valence-electron chi connectivity index (χ1n) is 7.86. The number of benzene rings is 3. The molecule has 0 heterocycles. The molecule has 26 heavy (non-hydrogen) atoms. The van der Waals surface area contributed by atoms with Crippen LogP contribution in [-0.2, 0) is 6.18 Å². The molecule has 0 aromatic heterocycles. The number of rotatable bonds is 3. The smallest absolute Gasteiger partial charge is 0.267 e. The molecule has 3 rings (SSSR count). The molecule has 0 unspecified atom stereocenters. The van der Waals surface area contributed by atoms with E-state index in [0.717, 1.165) is 28.5 Å². The Kier molecular flexibility index (Phi) is 4.75. The summed E-state index contributed by atoms with van der Waals surface area (Å²) in [4.78, 5) is 12.1. The highest BCUT2D eigenvalue weighted by Gasteiger charge is 2.30. The lowest BCUT2D eigenvalue weighted by Gasteiger charge is -2.08. The van der Waals surface area contributed by atoms with Gasteiger partial charge in [0.2, 0.25) is 0 Å². The van der Waals surface area contributed by atoms with E-state index in [1.165, 1.54) is 12.1 Å². The van der Waals surface area contributed by atoms with Crippen molar-refractivity contribution in [2.24, 2.45) is 5.10 Å². The minimum Gasteiger partial charge on any atom is -0.267 e. The van der Waals surface area contributed by atoms with Crippen LogP contribution < -0.4 is 5.43 Å². The highest BCUT2D eigenvalue weighted by Crippen LogP contribution is 2.29. The molecule has 0 fully saturated rings. The Labute approximate surface area is 148 Å². The van der Waals surface area contributed by atoms with Gasteiger partial charge in [-0.25, -0.2) is 5.43 Å². The first-order chi connectivity index (χ1) is 12.3. The van der Waals surface area contributed by atoms with Crippen molar-refractivity contribution in [2.45, 2.75) is 13.1 Å². The summed E-state index contributed by atoms with van der Waals surface area (Å²) in [5.41, 5.74) is 2.69. The van der Waals surface area contributed by atoms with Crippen LogP contribution in [-0.4, -0.2) is 11.6 Å². The Morgan fingerprint density at radius 3 is 2.35 bits per heavy atom. The fraction of sp³-hybridized carbons (Fsp3) is 0.100. The number of hydrogen-bond donors (Lipinski definition) is 1. The summed E-state index contributed by atoms with van der Waals surface area (Å²) in [7, 11) is 0. The third-order valence-electron chi connectivity index (χ3n) is 3.94. The zero-order valence-corrected chi connectivity index (χ0v) is 13.8. The van der Waals surface area contributed by atoms with Gasteiger partial charge in [-0.15, -0.1) is 0 Å². The van der Waals surface area contributed by atoms with Gasteiger partial charge in [0.15, 0.2) is 0 Å². The van der Waals surface area contributed by atoms with E-state index in [1.807, 2.05) is 42.5 Å². The summed E-state index contributed by atoms with van der Waals surface area (Å²) >= 11 is 0. The normalized spacial score (nSPS) is 12.2. The number of carbonyl (C=O) groups is 1. The van der Waals surface area contributed by atoms with Crippen molar-refractivity contribution in [3.05, 3.63) is 83.4 Å². The van der Waals surface area contributed by atoms with E-state index in [2.05, 4.69) is 10.5 Å². The van der Waals surface area contributed by atoms with E-state index in [-0.39, 0.29) is 5.56 Å². The molecule has 3 aromatic rings. The molecule has 3 aromatic carbocycles. The predicted molar refractivity (Wildman–Crippen MR) is 95.1 cm³/mol. The molecule has 1 N–H and O–H groups in total. The Morgan fingerprint density at radius 1 is 0.885 bits per heavy atom. The van der Waals surface area contributed by atoms with Crippen molar-refractivity contribution < 1.29 is 18.0 Å². The van der Waals surface area contributed by atoms with Gasteiger partial charge in [0.25, 0.3) is 5.91 Å². The van der Waals surface area contributed by atoms with Gasteiger partial charge in [-0.3, -0.25) is 4.79 Å². The van der Waals surface area contributed by atoms with Gasteiger partial charge in [-0.1, -0.05) is 42.5 Å². The van der Waals surface area contributed by atoms with Crippen LogP contribution in [0, 0.1) is 0 Å². The van der Waals surface area contributed by atoms with E-state index >= 15 is 0 Å². The average Bonchev–Trinajstić information content (AvgIpc) is 2.64. The standard InChI is InChI=1S/C20H15F3N2O/c1-13(15-10-9-14-5-2-3-6-16(14)11-15)24-25-19(26)17-7-4-8-18(12-17)20(21,22)23/h2-12H,1H3,(H,25,26)/b24-13+. The van der Waals surface area contributed by atoms with Crippen LogP contribution in [0.2, 0.25) is 0 Å². The average molecular weight is 356 g/mol. The molecule has 0 saturated carbocycles. The minimum atomic E-state index is -4.50. The maximum absolute atomic E-state index is 12.7. The van der Waals surface area contributed by atoms with Crippen molar-refractivity contribution in [1.29, 1.82) is 0 Å². The first kappa shape index (κ1) is 17.7. The number of alkyl halides is 3. The van der Waals surface area contributed by atoms with Gasteiger partial charge in [0, 0.05) is 5.56 Å². The lowest BCUT2D eigenvalue weighted by Crippen LogP contribution is -2.20. The molecular weight excluding hydrogens is 341 g/mol. The summed E-state index contributed by atoms with van der Waals surface area (Å²) in [6.45, 7) is 1.72. The second-order valence-electron chi connectivity index (χ2n) is 5.78. The fourth-order valence-electron chi connectivity index (χ4n) is 2.51. The topological polar surface area (TPSA) is 41.5 Å². The largest absolute Gasteiger partial charge is 0.416 e. The number of halogens is 3. The molecule has 0 aliphatic carbocycles. The number of hydrogen-bond acceptors (Lipinski definition) is 2. The summed E-state index contributed by atoms with van der Waals surface area (Å²) in [5, 5.41) is 6.12. The van der Waals surface area contributed by atoms with E-state index in [9.17, 15) is 18.0 Å². The van der Waals surface area contributed by atoms with Crippen LogP contribution in [0.5, 0.6) is 0 Å². The van der Waals surface area contributed by atoms with Gasteiger partial charge < -0.3 is 0 Å². The van der Waals surface area contributed by atoms with Crippen LogP contribution in [0.1, 0.15) is 28.4 Å². The van der Waals surface area contributed by atoms with Gasteiger partial charge in [-0.05, 0) is 47.5 Å². The molecule has 6 heteroatoms. The van der Waals surface area contributed by atoms with E-state index in [1.54, 1.807) is 6.92 Å². The Balaban J connectivity index is 1.78. The summed E-state index contributed by atoms with van der Waals surface area (Å²) in [5.74, 6) is -0.698. The Hall–Kier alpha value is -3.15. The highest BCUT2D eigenvalue weighted by atomic mass is 19.4. The Bertz CT molecular complexity index is 994. The van der Waals surface area contributed by atoms with Crippen molar-refractivity contribution in [2.75, 3.05) is 0 Å². The van der Waals surface area contributed by atoms with Crippen LogP contribution in [0.4, 0.5) is 13.2 Å². The second kappa shape index (κ2) is 7.00. The summed E-state index contributed by atoms with van der Waals surface area (Å²) in [6, 6.07) is 17.8. The number of hydrazone groups is 1. The van der Waals surface area contributed by atoms with Crippen molar-refractivity contribution in [1.82, 2.24) is 5.43 Å². The molecule has 132 valence electrons. The first-order valence-corrected chi connectivity index (χ1v) is 7.86. The van der Waals surface area contributed by atoms with Crippen molar-refractivity contribution >= 4 is 22.4 Å². The van der Waals surface area contributed by atoms with Crippen LogP contribution in [0.3, 0.4) is 0 Å². The van der Waals surface area contributed by atoms with E-state index in [4.69, 9.17) is 0 Å². The molecule has 0 bridgehead atoms. The Morgan fingerprint density at radius 2 is 1.62 bits per heavy atom. The molecule has 0 aliphatic heterocycles. The fourth-order valence-corrected chi connectivity index (χ4v) is 2.51. The molecule has 0 radical (unpaired) electrons. The van der Waals surface area contributed by atoms with Crippen molar-refractivity contribution in [3.63, 3.8) is 0 Å². The molecule has 3 nitrogen and oxygen atoms in total. The second-order valence-corrected chi connectivity index (χ2v) is 5.78. The molecule has 0 spiro atoms. The number of nitrogens with one attached hydrogen (secondary N) is 1. The van der Waals surface area contributed by atoms with Crippen LogP contribution >= 0.6 is 0 Å². The molecule has 0 atom stereocenters. The molecule has 0 saturated heterocycles.